The van der Waals surface area contributed by atoms with Crippen LogP contribution in [0.4, 0.5) is 5.69 Å². The summed E-state index contributed by atoms with van der Waals surface area (Å²) in [6, 6.07) is 21.3. The molecule has 6 nitrogen and oxygen atoms in total. The van der Waals surface area contributed by atoms with Gasteiger partial charge in [0.25, 0.3) is 11.8 Å². The third kappa shape index (κ3) is 4.07. The monoisotopic (exact) mass is 444 g/mol. The summed E-state index contributed by atoms with van der Waals surface area (Å²) < 4.78 is 11.6. The van der Waals surface area contributed by atoms with Gasteiger partial charge in [-0.2, -0.15) is 0 Å². The van der Waals surface area contributed by atoms with Gasteiger partial charge in [-0.3, -0.25) is 9.59 Å². The Balaban J connectivity index is 1.36. The molecule has 2 fully saturated rings. The van der Waals surface area contributed by atoms with Gasteiger partial charge in [0.15, 0.2) is 0 Å². The zero-order chi connectivity index (χ0) is 22.8. The fourth-order valence-corrected chi connectivity index (χ4v) is 5.04. The van der Waals surface area contributed by atoms with E-state index in [2.05, 4.69) is 0 Å². The highest BCUT2D eigenvalue weighted by Gasteiger charge is 2.42. The average Bonchev–Trinajstić information content (AvgIpc) is 3.07. The normalized spacial score (nSPS) is 21.3. The van der Waals surface area contributed by atoms with Crippen LogP contribution in [0, 0.1) is 0 Å². The Morgan fingerprint density at radius 3 is 2.48 bits per heavy atom. The molecule has 0 aliphatic carbocycles. The molecule has 0 saturated carbocycles. The van der Waals surface area contributed by atoms with Gasteiger partial charge in [-0.1, -0.05) is 42.5 Å². The molecule has 1 atom stereocenters. The van der Waals surface area contributed by atoms with Crippen molar-refractivity contribution in [3.63, 3.8) is 0 Å². The summed E-state index contributed by atoms with van der Waals surface area (Å²) in [6.45, 7) is 1.86. The highest BCUT2D eigenvalue weighted by atomic mass is 16.5. The smallest absolute Gasteiger partial charge is 0.254 e. The number of benzene rings is 3. The fraction of sp³-hybridized carbons (Fsp3) is 0.333. The molecule has 0 bridgehead atoms. The number of fused-ring (bicyclic) bond motifs is 1. The first kappa shape index (κ1) is 21.5. The Morgan fingerprint density at radius 1 is 0.939 bits per heavy atom. The van der Waals surface area contributed by atoms with Crippen LogP contribution in [0.2, 0.25) is 0 Å². The number of morpholine rings is 1. The standard InChI is InChI=1S/C27H28N2O4/c1-32-24-13-12-23(21-10-5-6-11-22(21)24)26(31)28-16-7-14-27(15-17-28)19-29(25(30)18-33-27)20-8-3-2-4-9-20/h2-6,8-13H,7,14-19H2,1H3/t27-/m1/s1. The number of carbonyl (C=O) groups excluding carboxylic acids is 2. The summed E-state index contributed by atoms with van der Waals surface area (Å²) in [5.41, 5.74) is 1.15. The van der Waals surface area contributed by atoms with E-state index in [9.17, 15) is 9.59 Å². The minimum absolute atomic E-state index is 0.0197. The van der Waals surface area contributed by atoms with E-state index in [-0.39, 0.29) is 18.4 Å². The van der Waals surface area contributed by atoms with E-state index >= 15 is 0 Å². The molecule has 3 aromatic rings. The third-order valence-corrected chi connectivity index (χ3v) is 6.84. The van der Waals surface area contributed by atoms with Crippen LogP contribution in [0.1, 0.15) is 29.6 Å². The molecule has 0 aromatic heterocycles. The zero-order valence-electron chi connectivity index (χ0n) is 18.8. The number of methoxy groups -OCH3 is 1. The van der Waals surface area contributed by atoms with Crippen LogP contribution in [-0.2, 0) is 9.53 Å². The molecule has 6 heteroatoms. The SMILES string of the molecule is COc1ccc(C(=O)N2CCC[C@@]3(CC2)CN(c2ccccc2)C(=O)CO3)c2ccccc12. The first-order valence-electron chi connectivity index (χ1n) is 11.4. The zero-order valence-corrected chi connectivity index (χ0v) is 18.8. The minimum atomic E-state index is -0.430. The van der Waals surface area contributed by atoms with E-state index in [1.165, 1.54) is 0 Å². The maximum atomic E-state index is 13.6. The molecular weight excluding hydrogens is 416 g/mol. The first-order valence-corrected chi connectivity index (χ1v) is 11.4. The molecule has 3 aromatic carbocycles. The number of carbonyl (C=O) groups is 2. The van der Waals surface area contributed by atoms with Crippen molar-refractivity contribution in [1.82, 2.24) is 4.90 Å². The molecule has 2 aliphatic heterocycles. The summed E-state index contributed by atoms with van der Waals surface area (Å²) >= 11 is 0. The van der Waals surface area contributed by atoms with Crippen LogP contribution in [0.25, 0.3) is 10.8 Å². The second-order valence-corrected chi connectivity index (χ2v) is 8.79. The van der Waals surface area contributed by atoms with Gasteiger partial charge in [0.05, 0.1) is 19.3 Å². The van der Waals surface area contributed by atoms with Crippen LogP contribution >= 0.6 is 0 Å². The van der Waals surface area contributed by atoms with Gasteiger partial charge < -0.3 is 19.3 Å². The van der Waals surface area contributed by atoms with Gasteiger partial charge in [-0.05, 0) is 48.9 Å². The topological polar surface area (TPSA) is 59.1 Å². The van der Waals surface area contributed by atoms with E-state index in [0.717, 1.165) is 35.1 Å². The summed E-state index contributed by atoms with van der Waals surface area (Å²) in [4.78, 5) is 29.9. The lowest BCUT2D eigenvalue weighted by Gasteiger charge is -2.42. The third-order valence-electron chi connectivity index (χ3n) is 6.84. The Kier molecular flexibility index (Phi) is 5.77. The predicted molar refractivity (Wildman–Crippen MR) is 128 cm³/mol. The fourth-order valence-electron chi connectivity index (χ4n) is 5.04. The van der Waals surface area contributed by atoms with Crippen molar-refractivity contribution in [2.24, 2.45) is 0 Å². The maximum Gasteiger partial charge on any atom is 0.254 e. The lowest BCUT2D eigenvalue weighted by Crippen LogP contribution is -2.55. The number of rotatable bonds is 3. The van der Waals surface area contributed by atoms with E-state index < -0.39 is 5.60 Å². The van der Waals surface area contributed by atoms with E-state index in [0.29, 0.717) is 31.6 Å². The molecule has 2 saturated heterocycles. The number of anilines is 1. The van der Waals surface area contributed by atoms with E-state index in [1.807, 2.05) is 76.5 Å². The van der Waals surface area contributed by atoms with Crippen LogP contribution < -0.4 is 9.64 Å². The van der Waals surface area contributed by atoms with Gasteiger partial charge in [-0.25, -0.2) is 0 Å². The lowest BCUT2D eigenvalue weighted by atomic mass is 9.92. The molecule has 2 aliphatic rings. The van der Waals surface area contributed by atoms with Gasteiger partial charge in [0.1, 0.15) is 12.4 Å². The van der Waals surface area contributed by atoms with Crippen LogP contribution in [-0.4, -0.2) is 55.7 Å². The molecule has 0 N–H and O–H groups in total. The molecule has 5 rings (SSSR count). The number of hydrogen-bond acceptors (Lipinski definition) is 4. The summed E-state index contributed by atoms with van der Waals surface area (Å²) in [7, 11) is 1.64. The van der Waals surface area contributed by atoms with Crippen molar-refractivity contribution in [2.75, 3.05) is 38.3 Å². The summed E-state index contributed by atoms with van der Waals surface area (Å²) in [5.74, 6) is 0.768. The first-order chi connectivity index (χ1) is 16.1. The van der Waals surface area contributed by atoms with E-state index in [1.54, 1.807) is 7.11 Å². The van der Waals surface area contributed by atoms with Crippen molar-refractivity contribution < 1.29 is 19.1 Å². The minimum Gasteiger partial charge on any atom is -0.496 e. The Morgan fingerprint density at radius 2 is 1.70 bits per heavy atom. The second kappa shape index (κ2) is 8.87. The maximum absolute atomic E-state index is 13.6. The number of likely N-dealkylation sites (tertiary alicyclic amines) is 1. The molecule has 2 amide bonds. The van der Waals surface area contributed by atoms with Crippen LogP contribution in [0.5, 0.6) is 5.75 Å². The van der Waals surface area contributed by atoms with Gasteiger partial charge in [-0.15, -0.1) is 0 Å². The molecular formula is C27H28N2O4. The Bertz CT molecular complexity index is 1180. The summed E-state index contributed by atoms with van der Waals surface area (Å²) in [5, 5.41) is 1.83. The van der Waals surface area contributed by atoms with Gasteiger partial charge >= 0.3 is 0 Å². The average molecular weight is 445 g/mol. The highest BCUT2D eigenvalue weighted by Crippen LogP contribution is 2.34. The number of amides is 2. The molecule has 0 unspecified atom stereocenters. The molecule has 170 valence electrons. The second-order valence-electron chi connectivity index (χ2n) is 8.79. The largest absolute Gasteiger partial charge is 0.496 e. The lowest BCUT2D eigenvalue weighted by molar-refractivity contribution is -0.140. The number of ether oxygens (including phenoxy) is 2. The number of para-hydroxylation sites is 1. The highest BCUT2D eigenvalue weighted by molar-refractivity contribution is 6.08. The molecule has 33 heavy (non-hydrogen) atoms. The van der Waals surface area contributed by atoms with Crippen molar-refractivity contribution in [1.29, 1.82) is 0 Å². The molecule has 2 heterocycles. The number of hydrogen-bond donors (Lipinski definition) is 0. The van der Waals surface area contributed by atoms with Crippen LogP contribution in [0.3, 0.4) is 0 Å². The predicted octanol–water partition coefficient (Wildman–Crippen LogP) is 4.28. The molecule has 0 radical (unpaired) electrons. The van der Waals surface area contributed by atoms with Crippen LogP contribution in [0.15, 0.2) is 66.7 Å². The van der Waals surface area contributed by atoms with Gasteiger partial charge in [0.2, 0.25) is 0 Å². The van der Waals surface area contributed by atoms with Gasteiger partial charge in [0, 0.05) is 29.7 Å². The van der Waals surface area contributed by atoms with Crippen molar-refractivity contribution in [3.05, 3.63) is 72.3 Å². The summed E-state index contributed by atoms with van der Waals surface area (Å²) in [6.07, 6.45) is 2.34. The Labute approximate surface area is 193 Å². The quantitative estimate of drug-likeness (QED) is 0.605. The van der Waals surface area contributed by atoms with E-state index in [4.69, 9.17) is 9.47 Å². The van der Waals surface area contributed by atoms with Crippen molar-refractivity contribution in [3.8, 4) is 5.75 Å². The van der Waals surface area contributed by atoms with Crippen molar-refractivity contribution >= 4 is 28.3 Å². The molecule has 1 spiro atoms. The number of nitrogens with zero attached hydrogens (tertiary/aromatic N) is 2. The van der Waals surface area contributed by atoms with Crippen molar-refractivity contribution in [2.45, 2.75) is 24.9 Å². The Hall–Kier alpha value is -3.38.